The summed E-state index contributed by atoms with van der Waals surface area (Å²) in [5.74, 6) is 0. The van der Waals surface area contributed by atoms with Crippen LogP contribution in [0.3, 0.4) is 0 Å². The Bertz CT molecular complexity index is 725. The van der Waals surface area contributed by atoms with Crippen LogP contribution in [-0.2, 0) is 7.05 Å². The van der Waals surface area contributed by atoms with Crippen molar-refractivity contribution >= 4 is 10.9 Å². The summed E-state index contributed by atoms with van der Waals surface area (Å²) >= 11 is 0. The van der Waals surface area contributed by atoms with Crippen molar-refractivity contribution in [2.24, 2.45) is 7.05 Å². The fourth-order valence-electron chi connectivity index (χ4n) is 1.96. The number of rotatable bonds is 1. The Morgan fingerprint density at radius 2 is 2.18 bits per heavy atom. The molecule has 4 heteroatoms. The van der Waals surface area contributed by atoms with Gasteiger partial charge >= 0.3 is 0 Å². The summed E-state index contributed by atoms with van der Waals surface area (Å²) in [5, 5.41) is 0.689. The summed E-state index contributed by atoms with van der Waals surface area (Å²) in [4.78, 5) is 19.5. The monoisotopic (exact) mass is 225 g/mol. The number of pyridine rings is 2. The third kappa shape index (κ3) is 1.45. The van der Waals surface area contributed by atoms with Crippen LogP contribution in [0.5, 0.6) is 0 Å². The van der Waals surface area contributed by atoms with Crippen molar-refractivity contribution < 1.29 is 0 Å². The molecule has 4 nitrogen and oxygen atoms in total. The second kappa shape index (κ2) is 3.59. The minimum Gasteiger partial charge on any atom is -0.360 e. The standard InChI is InChI=1S/C13H11N3O/c1-16-7-5-11-12(13(16)17)9(8-15-11)10-4-2-3-6-14-10/h2-8,15H,1H3. The Hall–Kier alpha value is -2.36. The molecule has 0 spiro atoms. The number of aromatic nitrogens is 3. The Morgan fingerprint density at radius 1 is 1.29 bits per heavy atom. The number of hydrogen-bond acceptors (Lipinski definition) is 2. The van der Waals surface area contributed by atoms with Gasteiger partial charge in [-0.05, 0) is 18.2 Å². The van der Waals surface area contributed by atoms with Crippen molar-refractivity contribution in [3.05, 3.63) is 53.2 Å². The molecule has 0 saturated carbocycles. The molecule has 0 aliphatic carbocycles. The van der Waals surface area contributed by atoms with Crippen molar-refractivity contribution in [2.75, 3.05) is 0 Å². The number of aryl methyl sites for hydroxylation is 1. The number of nitrogens with zero attached hydrogens (tertiary/aromatic N) is 2. The van der Waals surface area contributed by atoms with Crippen LogP contribution in [0.1, 0.15) is 0 Å². The van der Waals surface area contributed by atoms with Crippen LogP contribution in [-0.4, -0.2) is 14.5 Å². The summed E-state index contributed by atoms with van der Waals surface area (Å²) < 4.78 is 1.57. The molecule has 0 fully saturated rings. The van der Waals surface area contributed by atoms with E-state index in [1.165, 1.54) is 0 Å². The van der Waals surface area contributed by atoms with Gasteiger partial charge in [-0.1, -0.05) is 6.07 Å². The van der Waals surface area contributed by atoms with Crippen LogP contribution in [0.2, 0.25) is 0 Å². The molecule has 0 amide bonds. The van der Waals surface area contributed by atoms with Crippen LogP contribution in [0, 0.1) is 0 Å². The zero-order chi connectivity index (χ0) is 11.8. The molecule has 0 aliphatic heterocycles. The molecule has 0 radical (unpaired) electrons. The molecule has 84 valence electrons. The molecular weight excluding hydrogens is 214 g/mol. The smallest absolute Gasteiger partial charge is 0.260 e. The summed E-state index contributed by atoms with van der Waals surface area (Å²) in [6, 6.07) is 7.56. The molecule has 0 saturated heterocycles. The lowest BCUT2D eigenvalue weighted by atomic mass is 10.1. The van der Waals surface area contributed by atoms with Crippen LogP contribution >= 0.6 is 0 Å². The first-order valence-corrected chi connectivity index (χ1v) is 5.35. The topological polar surface area (TPSA) is 50.7 Å². The highest BCUT2D eigenvalue weighted by Gasteiger charge is 2.10. The Morgan fingerprint density at radius 3 is 2.94 bits per heavy atom. The lowest BCUT2D eigenvalue weighted by molar-refractivity contribution is 0.873. The maximum Gasteiger partial charge on any atom is 0.260 e. The van der Waals surface area contributed by atoms with E-state index >= 15 is 0 Å². The van der Waals surface area contributed by atoms with Gasteiger partial charge in [-0.2, -0.15) is 0 Å². The Balaban J connectivity index is 2.39. The third-order valence-corrected chi connectivity index (χ3v) is 2.85. The van der Waals surface area contributed by atoms with Gasteiger partial charge in [0.15, 0.2) is 0 Å². The van der Waals surface area contributed by atoms with Gasteiger partial charge in [-0.15, -0.1) is 0 Å². The lowest BCUT2D eigenvalue weighted by Crippen LogP contribution is -2.15. The van der Waals surface area contributed by atoms with Crippen molar-refractivity contribution in [3.63, 3.8) is 0 Å². The first-order valence-electron chi connectivity index (χ1n) is 5.35. The van der Waals surface area contributed by atoms with Crippen molar-refractivity contribution in [3.8, 4) is 11.3 Å². The molecule has 3 aromatic heterocycles. The lowest BCUT2D eigenvalue weighted by Gasteiger charge is -1.99. The summed E-state index contributed by atoms with van der Waals surface area (Å²) in [6.45, 7) is 0. The molecular formula is C13H11N3O. The highest BCUT2D eigenvalue weighted by molar-refractivity contribution is 5.93. The van der Waals surface area contributed by atoms with Gasteiger partial charge < -0.3 is 9.55 Å². The van der Waals surface area contributed by atoms with E-state index in [2.05, 4.69) is 9.97 Å². The normalized spacial score (nSPS) is 10.9. The minimum absolute atomic E-state index is 0.00981. The molecule has 3 aromatic rings. The average Bonchev–Trinajstić information content (AvgIpc) is 2.79. The number of fused-ring (bicyclic) bond motifs is 1. The molecule has 0 aliphatic rings. The van der Waals surface area contributed by atoms with Crippen LogP contribution in [0.15, 0.2) is 47.7 Å². The molecule has 1 N–H and O–H groups in total. The summed E-state index contributed by atoms with van der Waals surface area (Å²) in [6.07, 6.45) is 5.30. The van der Waals surface area contributed by atoms with E-state index in [0.29, 0.717) is 5.39 Å². The fourth-order valence-corrected chi connectivity index (χ4v) is 1.96. The van der Waals surface area contributed by atoms with Gasteiger partial charge in [0.2, 0.25) is 0 Å². The van der Waals surface area contributed by atoms with Crippen LogP contribution in [0.25, 0.3) is 22.2 Å². The zero-order valence-electron chi connectivity index (χ0n) is 9.34. The first kappa shape index (κ1) is 9.84. The molecule has 0 unspecified atom stereocenters. The van der Waals surface area contributed by atoms with E-state index < -0.39 is 0 Å². The third-order valence-electron chi connectivity index (χ3n) is 2.85. The van der Waals surface area contributed by atoms with Gasteiger partial charge in [-0.3, -0.25) is 9.78 Å². The maximum absolute atomic E-state index is 12.1. The second-order valence-corrected chi connectivity index (χ2v) is 3.94. The SMILES string of the molecule is Cn1ccc2[nH]cc(-c3ccccn3)c2c1=O. The number of nitrogens with one attached hydrogen (secondary N) is 1. The maximum atomic E-state index is 12.1. The average molecular weight is 225 g/mol. The molecule has 0 atom stereocenters. The van der Waals surface area contributed by atoms with E-state index in [1.807, 2.05) is 30.5 Å². The van der Waals surface area contributed by atoms with Crippen molar-refractivity contribution in [1.29, 1.82) is 0 Å². The van der Waals surface area contributed by atoms with E-state index in [0.717, 1.165) is 16.8 Å². The Labute approximate surface area is 97.6 Å². The molecule has 17 heavy (non-hydrogen) atoms. The van der Waals surface area contributed by atoms with Crippen LogP contribution < -0.4 is 5.56 Å². The van der Waals surface area contributed by atoms with Crippen molar-refractivity contribution in [2.45, 2.75) is 0 Å². The quantitative estimate of drug-likeness (QED) is 0.688. The van der Waals surface area contributed by atoms with Gasteiger partial charge in [0.1, 0.15) is 0 Å². The number of hydrogen-bond donors (Lipinski definition) is 1. The number of aromatic amines is 1. The molecule has 3 rings (SSSR count). The predicted octanol–water partition coefficient (Wildman–Crippen LogP) is 1.93. The predicted molar refractivity (Wildman–Crippen MR) is 66.8 cm³/mol. The van der Waals surface area contributed by atoms with Gasteiger partial charge in [0.05, 0.1) is 16.6 Å². The minimum atomic E-state index is -0.00981. The Kier molecular flexibility index (Phi) is 2.08. The van der Waals surface area contributed by atoms with Crippen LogP contribution in [0.4, 0.5) is 0 Å². The highest BCUT2D eigenvalue weighted by Crippen LogP contribution is 2.23. The van der Waals surface area contributed by atoms with E-state index in [-0.39, 0.29) is 5.56 Å². The highest BCUT2D eigenvalue weighted by atomic mass is 16.1. The summed E-state index contributed by atoms with van der Waals surface area (Å²) in [7, 11) is 1.75. The molecule has 0 aromatic carbocycles. The number of H-pyrrole nitrogens is 1. The fraction of sp³-hybridized carbons (Fsp3) is 0.0769. The second-order valence-electron chi connectivity index (χ2n) is 3.94. The van der Waals surface area contributed by atoms with Gasteiger partial charge in [0, 0.05) is 31.2 Å². The van der Waals surface area contributed by atoms with Gasteiger partial charge in [0.25, 0.3) is 5.56 Å². The van der Waals surface area contributed by atoms with E-state index in [9.17, 15) is 4.79 Å². The molecule has 0 bridgehead atoms. The van der Waals surface area contributed by atoms with Crippen molar-refractivity contribution in [1.82, 2.24) is 14.5 Å². The zero-order valence-corrected chi connectivity index (χ0v) is 9.34. The molecule has 3 heterocycles. The summed E-state index contributed by atoms with van der Waals surface area (Å²) in [5.41, 5.74) is 2.49. The largest absolute Gasteiger partial charge is 0.360 e. The van der Waals surface area contributed by atoms with E-state index in [1.54, 1.807) is 24.0 Å². The first-order chi connectivity index (χ1) is 8.27. The van der Waals surface area contributed by atoms with Gasteiger partial charge in [-0.25, -0.2) is 0 Å². The van der Waals surface area contributed by atoms with E-state index in [4.69, 9.17) is 0 Å².